The molecule has 7 heteroatoms. The fraction of sp³-hybridized carbons (Fsp3) is 0.368. The summed E-state index contributed by atoms with van der Waals surface area (Å²) in [4.78, 5) is 4.67. The highest BCUT2D eigenvalue weighted by Crippen LogP contribution is 2.23. The van der Waals surface area contributed by atoms with E-state index >= 15 is 0 Å². The van der Waals surface area contributed by atoms with Crippen molar-refractivity contribution in [3.63, 3.8) is 0 Å². The quantitative estimate of drug-likeness (QED) is 0.680. The van der Waals surface area contributed by atoms with E-state index < -0.39 is 0 Å². The smallest absolute Gasteiger partial charge is 0.151 e. The number of rotatable bonds is 6. The summed E-state index contributed by atoms with van der Waals surface area (Å²) in [6, 6.07) is 14.5. The van der Waals surface area contributed by atoms with Gasteiger partial charge in [0.15, 0.2) is 5.82 Å². The first-order valence-electron chi connectivity index (χ1n) is 8.99. The molecule has 4 rings (SSSR count). The van der Waals surface area contributed by atoms with Crippen molar-refractivity contribution in [1.29, 1.82) is 0 Å². The molecule has 1 fully saturated rings. The van der Waals surface area contributed by atoms with Crippen molar-refractivity contribution in [2.75, 3.05) is 25.0 Å². The molecule has 0 aliphatic carbocycles. The Kier molecular flexibility index (Phi) is 4.88. The van der Waals surface area contributed by atoms with Crippen molar-refractivity contribution >= 4 is 5.82 Å². The largest absolute Gasteiger partial charge is 0.351 e. The fourth-order valence-corrected chi connectivity index (χ4v) is 3.55. The molecule has 0 radical (unpaired) electrons. The monoisotopic (exact) mass is 349 g/mol. The second-order valence-corrected chi connectivity index (χ2v) is 6.76. The number of hydrogen-bond acceptors (Lipinski definition) is 6. The summed E-state index contributed by atoms with van der Waals surface area (Å²) in [5.41, 5.74) is 2.00. The van der Waals surface area contributed by atoms with Crippen molar-refractivity contribution in [1.82, 2.24) is 30.1 Å². The molecule has 0 spiro atoms. The third-order valence-corrected chi connectivity index (χ3v) is 4.75. The molecule has 7 nitrogen and oxygen atoms in total. The topological polar surface area (TPSA) is 63.0 Å². The van der Waals surface area contributed by atoms with Gasteiger partial charge in [0.2, 0.25) is 0 Å². The Labute approximate surface area is 153 Å². The van der Waals surface area contributed by atoms with Gasteiger partial charge < -0.3 is 4.90 Å². The van der Waals surface area contributed by atoms with Gasteiger partial charge in [0, 0.05) is 31.9 Å². The predicted molar refractivity (Wildman–Crippen MR) is 100 cm³/mol. The van der Waals surface area contributed by atoms with Crippen molar-refractivity contribution in [3.05, 3.63) is 60.6 Å². The second kappa shape index (κ2) is 7.61. The summed E-state index contributed by atoms with van der Waals surface area (Å²) < 4.78 is 1.82. The number of para-hydroxylation sites is 1. The molecule has 26 heavy (non-hydrogen) atoms. The molecule has 3 heterocycles. The maximum atomic E-state index is 4.32. The Balaban J connectivity index is 1.38. The van der Waals surface area contributed by atoms with Crippen LogP contribution in [0.5, 0.6) is 0 Å². The van der Waals surface area contributed by atoms with Crippen LogP contribution in [0.3, 0.4) is 0 Å². The molecule has 0 bridgehead atoms. The summed E-state index contributed by atoms with van der Waals surface area (Å²) >= 11 is 0. The van der Waals surface area contributed by atoms with Crippen molar-refractivity contribution in [2.45, 2.75) is 25.4 Å². The van der Waals surface area contributed by atoms with E-state index in [-0.39, 0.29) is 0 Å². The van der Waals surface area contributed by atoms with Gasteiger partial charge in [0.05, 0.1) is 17.6 Å². The van der Waals surface area contributed by atoms with E-state index in [0.717, 1.165) is 36.8 Å². The van der Waals surface area contributed by atoms with Gasteiger partial charge in [-0.25, -0.2) is 4.68 Å². The van der Waals surface area contributed by atoms with Gasteiger partial charge in [-0.1, -0.05) is 23.4 Å². The summed E-state index contributed by atoms with van der Waals surface area (Å²) in [7, 11) is 2.13. The summed E-state index contributed by atoms with van der Waals surface area (Å²) in [5, 5.41) is 16.9. The lowest BCUT2D eigenvalue weighted by atomic mass is 10.2. The second-order valence-electron chi connectivity index (χ2n) is 6.76. The molecule has 1 atom stereocenters. The van der Waals surface area contributed by atoms with E-state index in [9.17, 15) is 0 Å². The number of nitrogens with zero attached hydrogens (tertiary/aromatic N) is 7. The minimum atomic E-state index is 0.459. The van der Waals surface area contributed by atoms with Crippen LogP contribution in [0.4, 0.5) is 5.82 Å². The maximum Gasteiger partial charge on any atom is 0.151 e. The van der Waals surface area contributed by atoms with E-state index in [1.165, 1.54) is 12.8 Å². The van der Waals surface area contributed by atoms with Crippen LogP contribution in [0.15, 0.2) is 54.9 Å². The zero-order valence-corrected chi connectivity index (χ0v) is 14.9. The van der Waals surface area contributed by atoms with E-state index in [0.29, 0.717) is 6.04 Å². The molecule has 1 aliphatic heterocycles. The van der Waals surface area contributed by atoms with Crippen LogP contribution in [-0.2, 0) is 6.54 Å². The van der Waals surface area contributed by atoms with E-state index in [1.54, 1.807) is 6.20 Å². The molecule has 1 aliphatic rings. The van der Waals surface area contributed by atoms with Gasteiger partial charge in [-0.2, -0.15) is 5.10 Å². The Morgan fingerprint density at radius 3 is 2.81 bits per heavy atom. The van der Waals surface area contributed by atoms with Gasteiger partial charge in [-0.15, -0.1) is 10.2 Å². The van der Waals surface area contributed by atoms with Gasteiger partial charge in [0.25, 0.3) is 0 Å². The maximum absolute atomic E-state index is 4.32. The molecular weight excluding hydrogens is 326 g/mol. The van der Waals surface area contributed by atoms with Gasteiger partial charge >= 0.3 is 0 Å². The molecule has 0 unspecified atom stereocenters. The van der Waals surface area contributed by atoms with Crippen LogP contribution in [0.1, 0.15) is 18.5 Å². The molecule has 3 aromatic rings. The van der Waals surface area contributed by atoms with E-state index in [1.807, 2.05) is 53.3 Å². The fourth-order valence-electron chi connectivity index (χ4n) is 3.55. The van der Waals surface area contributed by atoms with Gasteiger partial charge in [0.1, 0.15) is 0 Å². The van der Waals surface area contributed by atoms with Crippen molar-refractivity contribution in [3.8, 4) is 5.69 Å². The lowest BCUT2D eigenvalue weighted by molar-refractivity contribution is 0.299. The standard InChI is InChI=1S/C19H23N7/c1-24(13-16-14-26(23-21-16)17-7-3-2-4-8-17)15-18-9-6-12-25(18)19-10-5-11-20-22-19/h2-5,7-8,10-11,14,18H,6,9,12-13,15H2,1H3/t18-/m1/s1. The normalized spacial score (nSPS) is 17.2. The number of hydrogen-bond donors (Lipinski definition) is 0. The van der Waals surface area contributed by atoms with Crippen molar-refractivity contribution < 1.29 is 0 Å². The van der Waals surface area contributed by atoms with Crippen LogP contribution < -0.4 is 4.90 Å². The average Bonchev–Trinajstić information content (AvgIpc) is 3.33. The first-order valence-corrected chi connectivity index (χ1v) is 8.99. The predicted octanol–water partition coefficient (Wildman–Crippen LogP) is 2.16. The third kappa shape index (κ3) is 3.72. The van der Waals surface area contributed by atoms with E-state index in [4.69, 9.17) is 0 Å². The average molecular weight is 349 g/mol. The van der Waals surface area contributed by atoms with Gasteiger partial charge in [-0.05, 0) is 44.2 Å². The number of likely N-dealkylation sites (N-methyl/N-ethyl adjacent to an activating group) is 1. The highest BCUT2D eigenvalue weighted by Gasteiger charge is 2.27. The van der Waals surface area contributed by atoms with Crippen LogP contribution in [0.2, 0.25) is 0 Å². The Bertz CT molecular complexity index is 818. The van der Waals surface area contributed by atoms with E-state index in [2.05, 4.69) is 37.4 Å². The van der Waals surface area contributed by atoms with Crippen molar-refractivity contribution in [2.24, 2.45) is 0 Å². The number of benzene rings is 1. The molecule has 0 saturated carbocycles. The minimum Gasteiger partial charge on any atom is -0.351 e. The molecule has 134 valence electrons. The summed E-state index contributed by atoms with van der Waals surface area (Å²) in [5.74, 6) is 0.971. The third-order valence-electron chi connectivity index (χ3n) is 4.75. The number of aromatic nitrogens is 5. The molecule has 2 aromatic heterocycles. The van der Waals surface area contributed by atoms with Crippen LogP contribution in [0, 0.1) is 0 Å². The van der Waals surface area contributed by atoms with Crippen LogP contribution >= 0.6 is 0 Å². The first kappa shape index (κ1) is 16.7. The summed E-state index contributed by atoms with van der Waals surface area (Å²) in [6.45, 7) is 2.79. The molecule has 0 N–H and O–H groups in total. The zero-order chi connectivity index (χ0) is 17.8. The Morgan fingerprint density at radius 1 is 1.12 bits per heavy atom. The molecule has 1 saturated heterocycles. The molecule has 1 aromatic carbocycles. The Hall–Kier alpha value is -2.80. The first-order chi connectivity index (χ1) is 12.8. The zero-order valence-electron chi connectivity index (χ0n) is 14.9. The molecular formula is C19H23N7. The van der Waals surface area contributed by atoms with Gasteiger partial charge in [-0.3, -0.25) is 4.90 Å². The lowest BCUT2D eigenvalue weighted by Gasteiger charge is -2.28. The highest BCUT2D eigenvalue weighted by molar-refractivity contribution is 5.39. The summed E-state index contributed by atoms with van der Waals surface area (Å²) in [6.07, 6.45) is 6.09. The van der Waals surface area contributed by atoms with Crippen LogP contribution in [-0.4, -0.2) is 56.3 Å². The lowest BCUT2D eigenvalue weighted by Crippen LogP contribution is -2.39. The minimum absolute atomic E-state index is 0.459. The number of anilines is 1. The SMILES string of the molecule is CN(Cc1cn(-c2ccccc2)nn1)C[C@H]1CCCN1c1cccnn1. The Morgan fingerprint density at radius 2 is 2.00 bits per heavy atom. The van der Waals surface area contributed by atoms with Crippen LogP contribution in [0.25, 0.3) is 5.69 Å². The molecule has 0 amide bonds. The highest BCUT2D eigenvalue weighted by atomic mass is 15.4.